The van der Waals surface area contributed by atoms with Crippen molar-refractivity contribution in [1.29, 1.82) is 0 Å². The average Bonchev–Trinajstić information content (AvgIpc) is 1.85. The van der Waals surface area contributed by atoms with Crippen LogP contribution in [0.4, 0.5) is 0 Å². The van der Waals surface area contributed by atoms with Gasteiger partial charge in [-0.3, -0.25) is 0 Å². The third-order valence-corrected chi connectivity index (χ3v) is 1.21. The summed E-state index contributed by atoms with van der Waals surface area (Å²) in [4.78, 5) is 9.96. The molecular formula is C7H12O4. The summed E-state index contributed by atoms with van der Waals surface area (Å²) in [5.74, 6) is -1.50. The minimum Gasteiger partial charge on any atom is -0.512 e. The highest BCUT2D eigenvalue weighted by Gasteiger charge is 2.04. The fraction of sp³-hybridized carbons (Fsp3) is 0.571. The van der Waals surface area contributed by atoms with Gasteiger partial charge >= 0.3 is 5.97 Å². The quantitative estimate of drug-likeness (QED) is 0.417. The molecular weight excluding hydrogens is 148 g/mol. The van der Waals surface area contributed by atoms with Crippen LogP contribution < -0.4 is 0 Å². The van der Waals surface area contributed by atoms with Crippen LogP contribution in [-0.2, 0) is 4.79 Å². The molecule has 0 aromatic heterocycles. The standard InChI is InChI=1S/C7H12O4/c1-2-5(8)3-6(9)4-7(10)11/h4-5,8-9H,2-3H2,1H3,(H,10,11)/b6-4+. The number of rotatable bonds is 4. The first-order chi connectivity index (χ1) is 5.06. The van der Waals surface area contributed by atoms with E-state index < -0.39 is 12.1 Å². The van der Waals surface area contributed by atoms with E-state index >= 15 is 0 Å². The fourth-order valence-corrected chi connectivity index (χ4v) is 0.587. The Morgan fingerprint density at radius 1 is 1.55 bits per heavy atom. The molecule has 11 heavy (non-hydrogen) atoms. The summed E-state index contributed by atoms with van der Waals surface area (Å²) in [5, 5.41) is 25.9. The van der Waals surface area contributed by atoms with E-state index in [2.05, 4.69) is 0 Å². The van der Waals surface area contributed by atoms with E-state index in [9.17, 15) is 4.79 Å². The highest BCUT2D eigenvalue weighted by atomic mass is 16.4. The number of carboxylic acid groups (broad SMARTS) is 1. The molecule has 0 aromatic carbocycles. The van der Waals surface area contributed by atoms with E-state index in [1.807, 2.05) is 0 Å². The molecule has 0 heterocycles. The lowest BCUT2D eigenvalue weighted by Crippen LogP contribution is -2.06. The van der Waals surface area contributed by atoms with Crippen molar-refractivity contribution in [1.82, 2.24) is 0 Å². The van der Waals surface area contributed by atoms with Crippen LogP contribution in [0.2, 0.25) is 0 Å². The number of aliphatic hydroxyl groups is 2. The topological polar surface area (TPSA) is 77.8 Å². The maximum absolute atomic E-state index is 9.96. The Balaban J connectivity index is 3.85. The Bertz CT molecular complexity index is 162. The van der Waals surface area contributed by atoms with Crippen LogP contribution >= 0.6 is 0 Å². The number of hydrogen-bond donors (Lipinski definition) is 3. The van der Waals surface area contributed by atoms with Crippen molar-refractivity contribution in [3.63, 3.8) is 0 Å². The average molecular weight is 160 g/mol. The zero-order chi connectivity index (χ0) is 8.85. The van der Waals surface area contributed by atoms with E-state index in [0.29, 0.717) is 12.5 Å². The number of carboxylic acids is 1. The van der Waals surface area contributed by atoms with E-state index in [4.69, 9.17) is 15.3 Å². The highest BCUT2D eigenvalue weighted by molar-refractivity contribution is 5.80. The summed E-state index contributed by atoms with van der Waals surface area (Å²) < 4.78 is 0. The summed E-state index contributed by atoms with van der Waals surface area (Å²) >= 11 is 0. The van der Waals surface area contributed by atoms with Gasteiger partial charge in [-0.05, 0) is 6.42 Å². The third-order valence-electron chi connectivity index (χ3n) is 1.21. The van der Waals surface area contributed by atoms with E-state index in [-0.39, 0.29) is 12.2 Å². The van der Waals surface area contributed by atoms with Crippen LogP contribution in [0.3, 0.4) is 0 Å². The van der Waals surface area contributed by atoms with Crippen LogP contribution in [0.5, 0.6) is 0 Å². The predicted molar refractivity (Wildman–Crippen MR) is 39.3 cm³/mol. The molecule has 1 unspecified atom stereocenters. The van der Waals surface area contributed by atoms with Crippen molar-refractivity contribution in [2.24, 2.45) is 0 Å². The van der Waals surface area contributed by atoms with E-state index in [1.54, 1.807) is 6.92 Å². The Kier molecular flexibility index (Phi) is 4.29. The van der Waals surface area contributed by atoms with Gasteiger partial charge in [0.05, 0.1) is 12.2 Å². The zero-order valence-corrected chi connectivity index (χ0v) is 6.32. The lowest BCUT2D eigenvalue weighted by atomic mass is 10.2. The molecule has 0 saturated heterocycles. The van der Waals surface area contributed by atoms with Crippen LogP contribution in [0, 0.1) is 0 Å². The molecule has 0 amide bonds. The normalized spacial score (nSPS) is 14.5. The number of hydrogen-bond acceptors (Lipinski definition) is 3. The number of aliphatic hydroxyl groups excluding tert-OH is 2. The SMILES string of the molecule is CCC(O)C/C(O)=C\C(=O)O. The van der Waals surface area contributed by atoms with Crippen molar-refractivity contribution in [3.8, 4) is 0 Å². The Labute approximate surface area is 64.8 Å². The van der Waals surface area contributed by atoms with Gasteiger partial charge in [0.15, 0.2) is 0 Å². The molecule has 0 aliphatic carbocycles. The summed E-state index contributed by atoms with van der Waals surface area (Å²) in [6, 6.07) is 0. The summed E-state index contributed by atoms with van der Waals surface area (Å²) in [5.41, 5.74) is 0. The molecule has 4 heteroatoms. The minimum atomic E-state index is -1.20. The fourth-order valence-electron chi connectivity index (χ4n) is 0.587. The molecule has 64 valence electrons. The van der Waals surface area contributed by atoms with Crippen molar-refractivity contribution >= 4 is 5.97 Å². The van der Waals surface area contributed by atoms with Crippen LogP contribution in [0.25, 0.3) is 0 Å². The summed E-state index contributed by atoms with van der Waals surface area (Å²) in [6.45, 7) is 1.75. The van der Waals surface area contributed by atoms with Gasteiger partial charge in [0.25, 0.3) is 0 Å². The molecule has 0 saturated carbocycles. The summed E-state index contributed by atoms with van der Waals surface area (Å²) in [6.07, 6.45) is 0.518. The van der Waals surface area contributed by atoms with Crippen molar-refractivity contribution in [3.05, 3.63) is 11.8 Å². The maximum Gasteiger partial charge on any atom is 0.331 e. The molecule has 0 aliphatic rings. The molecule has 4 nitrogen and oxygen atoms in total. The van der Waals surface area contributed by atoms with Gasteiger partial charge in [-0.15, -0.1) is 0 Å². The van der Waals surface area contributed by atoms with E-state index in [0.717, 1.165) is 0 Å². The lowest BCUT2D eigenvalue weighted by Gasteiger charge is -2.04. The van der Waals surface area contributed by atoms with Crippen molar-refractivity contribution in [2.75, 3.05) is 0 Å². The largest absolute Gasteiger partial charge is 0.512 e. The second-order valence-electron chi connectivity index (χ2n) is 2.24. The van der Waals surface area contributed by atoms with Gasteiger partial charge in [-0.25, -0.2) is 4.79 Å². The Morgan fingerprint density at radius 3 is 2.45 bits per heavy atom. The smallest absolute Gasteiger partial charge is 0.331 e. The summed E-state index contributed by atoms with van der Waals surface area (Å²) in [7, 11) is 0. The van der Waals surface area contributed by atoms with Crippen LogP contribution in [0.1, 0.15) is 19.8 Å². The van der Waals surface area contributed by atoms with Crippen LogP contribution in [-0.4, -0.2) is 27.4 Å². The third kappa shape index (κ3) is 5.42. The molecule has 0 rings (SSSR count). The molecule has 0 aliphatic heterocycles. The molecule has 3 N–H and O–H groups in total. The lowest BCUT2D eigenvalue weighted by molar-refractivity contribution is -0.131. The molecule has 0 fully saturated rings. The molecule has 0 radical (unpaired) electrons. The Hall–Kier alpha value is -1.03. The van der Waals surface area contributed by atoms with Crippen LogP contribution in [0.15, 0.2) is 11.8 Å². The maximum atomic E-state index is 9.96. The molecule has 1 atom stereocenters. The number of carbonyl (C=O) groups is 1. The predicted octanol–water partition coefficient (Wildman–Crippen LogP) is 0.674. The zero-order valence-electron chi connectivity index (χ0n) is 6.32. The first kappa shape index (κ1) is 9.97. The minimum absolute atomic E-state index is 0.00278. The van der Waals surface area contributed by atoms with Gasteiger partial charge in [0, 0.05) is 6.42 Å². The van der Waals surface area contributed by atoms with E-state index in [1.165, 1.54) is 0 Å². The molecule has 0 bridgehead atoms. The van der Waals surface area contributed by atoms with Gasteiger partial charge < -0.3 is 15.3 Å². The Morgan fingerprint density at radius 2 is 2.09 bits per heavy atom. The van der Waals surface area contributed by atoms with Crippen molar-refractivity contribution < 1.29 is 20.1 Å². The second kappa shape index (κ2) is 4.73. The van der Waals surface area contributed by atoms with Gasteiger partial charge in [-0.1, -0.05) is 6.92 Å². The van der Waals surface area contributed by atoms with Crippen molar-refractivity contribution in [2.45, 2.75) is 25.9 Å². The molecule has 0 spiro atoms. The first-order valence-electron chi connectivity index (χ1n) is 3.36. The highest BCUT2D eigenvalue weighted by Crippen LogP contribution is 2.04. The first-order valence-corrected chi connectivity index (χ1v) is 3.36. The second-order valence-corrected chi connectivity index (χ2v) is 2.24. The monoisotopic (exact) mass is 160 g/mol. The number of aliphatic carboxylic acids is 1. The van der Waals surface area contributed by atoms with Gasteiger partial charge in [0.1, 0.15) is 5.76 Å². The molecule has 0 aromatic rings. The van der Waals surface area contributed by atoms with Gasteiger partial charge in [0.2, 0.25) is 0 Å². The van der Waals surface area contributed by atoms with Gasteiger partial charge in [-0.2, -0.15) is 0 Å².